The number of hydroxylamine groups is 3. The van der Waals surface area contributed by atoms with Gasteiger partial charge in [-0.15, -0.1) is 0 Å². The Morgan fingerprint density at radius 3 is 2.40 bits per heavy atom. The first-order chi connectivity index (χ1) is 16.6. The molecule has 0 spiro atoms. The van der Waals surface area contributed by atoms with Crippen LogP contribution in [-0.2, 0) is 11.0 Å². The molecule has 1 amide bonds. The number of alkyl halides is 3. The van der Waals surface area contributed by atoms with Crippen LogP contribution >= 0.6 is 0 Å². The largest absolute Gasteiger partial charge is 0.625 e. The van der Waals surface area contributed by atoms with Crippen LogP contribution in [0.3, 0.4) is 0 Å². The van der Waals surface area contributed by atoms with Crippen molar-refractivity contribution in [2.75, 3.05) is 32.7 Å². The maximum absolute atomic E-state index is 13.5. The van der Waals surface area contributed by atoms with Crippen molar-refractivity contribution < 1.29 is 27.0 Å². The van der Waals surface area contributed by atoms with Crippen LogP contribution in [0.4, 0.5) is 17.6 Å². The first-order valence-corrected chi connectivity index (χ1v) is 12.0. The van der Waals surface area contributed by atoms with Crippen molar-refractivity contribution in [3.8, 4) is 5.69 Å². The Bertz CT molecular complexity index is 1230. The SMILES string of the molecule is O=C1CCC[N+]1([O-])CCN1CCC(c2cn(-c3ccc(F)cc3)c3ccc(C(F)(F)F)cc23)CC1. The normalized spacial score (nSPS) is 22.4. The minimum absolute atomic E-state index is 0.0581. The summed E-state index contributed by atoms with van der Waals surface area (Å²) in [7, 11) is 0. The Balaban J connectivity index is 1.39. The Hall–Kier alpha value is -2.75. The van der Waals surface area contributed by atoms with Crippen molar-refractivity contribution in [2.45, 2.75) is 37.8 Å². The summed E-state index contributed by atoms with van der Waals surface area (Å²) in [5.41, 5.74) is 1.48. The number of aromatic nitrogens is 1. The highest BCUT2D eigenvalue weighted by Crippen LogP contribution is 2.39. The molecule has 9 heteroatoms. The molecular formula is C26H27F4N3O2. The molecule has 2 aliphatic heterocycles. The number of carbonyl (C=O) groups is 1. The van der Waals surface area contributed by atoms with E-state index in [1.165, 1.54) is 24.3 Å². The molecule has 0 radical (unpaired) electrons. The number of nitrogens with zero attached hydrogens (tertiary/aromatic N) is 3. The Morgan fingerprint density at radius 1 is 1.06 bits per heavy atom. The van der Waals surface area contributed by atoms with E-state index in [0.717, 1.165) is 24.5 Å². The van der Waals surface area contributed by atoms with Gasteiger partial charge in [0.05, 0.1) is 30.6 Å². The van der Waals surface area contributed by atoms with Gasteiger partial charge in [0.25, 0.3) is 0 Å². The third kappa shape index (κ3) is 4.72. The maximum Gasteiger partial charge on any atom is 0.416 e. The zero-order valence-electron chi connectivity index (χ0n) is 19.2. The van der Waals surface area contributed by atoms with Crippen LogP contribution in [0, 0.1) is 11.0 Å². The molecule has 1 atom stereocenters. The highest BCUT2D eigenvalue weighted by Gasteiger charge is 2.35. The Labute approximate surface area is 200 Å². The average molecular weight is 490 g/mol. The summed E-state index contributed by atoms with van der Waals surface area (Å²) in [5, 5.41) is 13.2. The fraction of sp³-hybridized carbons (Fsp3) is 0.423. The van der Waals surface area contributed by atoms with Gasteiger partial charge in [-0.2, -0.15) is 13.2 Å². The number of carbonyl (C=O) groups excluding carboxylic acids is 1. The first-order valence-electron chi connectivity index (χ1n) is 12.0. The number of hydrogen-bond donors (Lipinski definition) is 0. The molecule has 5 rings (SSSR count). The maximum atomic E-state index is 13.5. The van der Waals surface area contributed by atoms with Crippen LogP contribution in [0.5, 0.6) is 0 Å². The summed E-state index contributed by atoms with van der Waals surface area (Å²) >= 11 is 0. The summed E-state index contributed by atoms with van der Waals surface area (Å²) in [6, 6.07) is 9.65. The summed E-state index contributed by atoms with van der Waals surface area (Å²) < 4.78 is 55.0. The smallest absolute Gasteiger partial charge is 0.416 e. The van der Waals surface area contributed by atoms with Gasteiger partial charge in [-0.05, 0) is 79.9 Å². The van der Waals surface area contributed by atoms with E-state index >= 15 is 0 Å². The van der Waals surface area contributed by atoms with Gasteiger partial charge in [0, 0.05) is 30.2 Å². The number of rotatable bonds is 5. The van der Waals surface area contributed by atoms with Crippen LogP contribution in [0.2, 0.25) is 0 Å². The Morgan fingerprint density at radius 2 is 1.77 bits per heavy atom. The molecule has 0 N–H and O–H groups in total. The zero-order valence-corrected chi connectivity index (χ0v) is 19.2. The second-order valence-corrected chi connectivity index (χ2v) is 9.61. The van der Waals surface area contributed by atoms with Gasteiger partial charge < -0.3 is 9.77 Å². The van der Waals surface area contributed by atoms with Gasteiger partial charge >= 0.3 is 12.1 Å². The topological polar surface area (TPSA) is 48.3 Å². The average Bonchev–Trinajstić information content (AvgIpc) is 3.38. The van der Waals surface area contributed by atoms with E-state index in [2.05, 4.69) is 4.90 Å². The quantitative estimate of drug-likeness (QED) is 0.266. The molecule has 35 heavy (non-hydrogen) atoms. The summed E-state index contributed by atoms with van der Waals surface area (Å²) in [5.74, 6) is -0.563. The molecule has 1 aromatic heterocycles. The lowest BCUT2D eigenvalue weighted by Crippen LogP contribution is -2.49. The van der Waals surface area contributed by atoms with Crippen LogP contribution < -0.4 is 0 Å². The number of likely N-dealkylation sites (tertiary alicyclic amines) is 2. The van der Waals surface area contributed by atoms with Crippen molar-refractivity contribution in [1.82, 2.24) is 9.47 Å². The van der Waals surface area contributed by atoms with Gasteiger partial charge in [0.2, 0.25) is 0 Å². The number of piperidine rings is 1. The van der Waals surface area contributed by atoms with E-state index in [1.54, 1.807) is 12.1 Å². The number of fused-ring (bicyclic) bond motifs is 1. The molecule has 3 aromatic rings. The molecule has 2 aromatic carbocycles. The van der Waals surface area contributed by atoms with E-state index in [1.807, 2.05) is 10.8 Å². The summed E-state index contributed by atoms with van der Waals surface area (Å²) in [4.78, 5) is 14.1. The van der Waals surface area contributed by atoms with Crippen molar-refractivity contribution in [3.63, 3.8) is 0 Å². The fourth-order valence-corrected chi connectivity index (χ4v) is 5.39. The molecule has 186 valence electrons. The van der Waals surface area contributed by atoms with Crippen molar-refractivity contribution in [1.29, 1.82) is 0 Å². The van der Waals surface area contributed by atoms with E-state index < -0.39 is 16.4 Å². The van der Waals surface area contributed by atoms with Crippen LogP contribution in [0.1, 0.15) is 42.7 Å². The van der Waals surface area contributed by atoms with Gasteiger partial charge in [-0.25, -0.2) is 9.18 Å². The fourth-order valence-electron chi connectivity index (χ4n) is 5.39. The minimum atomic E-state index is -4.45. The minimum Gasteiger partial charge on any atom is -0.625 e. The highest BCUT2D eigenvalue weighted by molar-refractivity contribution is 5.87. The number of benzene rings is 2. The van der Waals surface area contributed by atoms with E-state index in [9.17, 15) is 27.6 Å². The van der Waals surface area contributed by atoms with Crippen LogP contribution in [0.25, 0.3) is 16.6 Å². The standard InChI is InChI=1S/C26H27F4N3O2/c27-20-4-6-21(7-5-20)32-17-23(22-16-19(26(28,29)30)3-8-24(22)32)18-9-11-31(12-10-18)13-15-33(35)14-1-2-25(33)34/h3-8,16-18H,1-2,9-15H2. The Kier molecular flexibility index (Phi) is 6.19. The molecule has 2 aliphatic rings. The van der Waals surface area contributed by atoms with E-state index in [4.69, 9.17) is 0 Å². The predicted molar refractivity (Wildman–Crippen MR) is 124 cm³/mol. The zero-order chi connectivity index (χ0) is 24.8. The number of amides is 1. The lowest BCUT2D eigenvalue weighted by atomic mass is 9.89. The van der Waals surface area contributed by atoms with E-state index in [-0.39, 0.29) is 24.2 Å². The number of hydrogen-bond acceptors (Lipinski definition) is 3. The molecule has 0 aliphatic carbocycles. The molecular weight excluding hydrogens is 462 g/mol. The van der Waals surface area contributed by atoms with Gasteiger partial charge in [0.1, 0.15) is 5.82 Å². The third-order valence-electron chi connectivity index (χ3n) is 7.44. The molecule has 0 saturated carbocycles. The number of quaternary nitrogens is 1. The van der Waals surface area contributed by atoms with Crippen molar-refractivity contribution in [2.24, 2.45) is 0 Å². The van der Waals surface area contributed by atoms with Crippen molar-refractivity contribution in [3.05, 3.63) is 70.8 Å². The first kappa shape index (κ1) is 24.0. The van der Waals surface area contributed by atoms with Crippen molar-refractivity contribution >= 4 is 16.8 Å². The molecule has 5 nitrogen and oxygen atoms in total. The van der Waals surface area contributed by atoms with E-state index in [0.29, 0.717) is 55.6 Å². The molecule has 2 saturated heterocycles. The summed E-state index contributed by atoms with van der Waals surface area (Å²) in [6.45, 7) is 2.56. The highest BCUT2D eigenvalue weighted by atomic mass is 19.4. The van der Waals surface area contributed by atoms with Gasteiger partial charge in [-0.1, -0.05) is 0 Å². The second kappa shape index (κ2) is 9.04. The van der Waals surface area contributed by atoms with Gasteiger partial charge in [0.15, 0.2) is 0 Å². The molecule has 3 heterocycles. The molecule has 0 bridgehead atoms. The van der Waals surface area contributed by atoms with Gasteiger partial charge in [-0.3, -0.25) is 9.55 Å². The van der Waals surface area contributed by atoms with Crippen LogP contribution in [-0.4, -0.2) is 52.7 Å². The lowest BCUT2D eigenvalue weighted by Gasteiger charge is -2.38. The molecule has 1 unspecified atom stereocenters. The predicted octanol–water partition coefficient (Wildman–Crippen LogP) is 5.60. The second-order valence-electron chi connectivity index (χ2n) is 9.61. The van der Waals surface area contributed by atoms with Crippen LogP contribution in [0.15, 0.2) is 48.7 Å². The number of halogens is 4. The lowest BCUT2D eigenvalue weighted by molar-refractivity contribution is -0.795. The summed E-state index contributed by atoms with van der Waals surface area (Å²) in [6.07, 6.45) is -0.0979. The third-order valence-corrected chi connectivity index (χ3v) is 7.44. The molecule has 2 fully saturated rings. The monoisotopic (exact) mass is 489 g/mol.